The summed E-state index contributed by atoms with van der Waals surface area (Å²) in [5, 5.41) is 26.3. The van der Waals surface area contributed by atoms with E-state index in [-0.39, 0.29) is 12.3 Å². The van der Waals surface area contributed by atoms with Crippen molar-refractivity contribution in [1.82, 2.24) is 14.8 Å². The lowest BCUT2D eigenvalue weighted by atomic mass is 9.47. The van der Waals surface area contributed by atoms with Crippen LogP contribution in [0, 0.1) is 11.3 Å². The van der Waals surface area contributed by atoms with Crippen LogP contribution in [0.1, 0.15) is 75.3 Å². The number of aromatic amines is 1. The van der Waals surface area contributed by atoms with Crippen LogP contribution in [0.3, 0.4) is 0 Å². The van der Waals surface area contributed by atoms with Crippen LogP contribution >= 0.6 is 0 Å². The number of carbonyl (C=O) groups excluding carboxylic acids is 4. The number of nitrogens with one attached hydrogen (secondary N) is 1. The summed E-state index contributed by atoms with van der Waals surface area (Å²) in [6, 6.07) is 9.97. The first-order valence-electron chi connectivity index (χ1n) is 21.3. The zero-order chi connectivity index (χ0) is 42.6. The van der Waals surface area contributed by atoms with E-state index in [1.54, 1.807) is 6.07 Å². The average molecular weight is 825 g/mol. The van der Waals surface area contributed by atoms with E-state index in [1.807, 2.05) is 50.3 Å². The second-order valence-electron chi connectivity index (χ2n) is 18.1. The number of para-hydroxylation sites is 1. The van der Waals surface area contributed by atoms with Gasteiger partial charge in [0.15, 0.2) is 6.10 Å². The predicted octanol–water partition coefficient (Wildman–Crippen LogP) is 3.52. The third kappa shape index (κ3) is 5.19. The highest BCUT2D eigenvalue weighted by atomic mass is 16.6. The first-order valence-corrected chi connectivity index (χ1v) is 21.3. The second kappa shape index (κ2) is 14.1. The first-order chi connectivity index (χ1) is 28.8. The molecule has 1 amide bonds. The molecule has 2 saturated heterocycles. The van der Waals surface area contributed by atoms with Gasteiger partial charge in [-0.15, -0.1) is 0 Å². The Morgan fingerprint density at radius 3 is 2.42 bits per heavy atom. The lowest BCUT2D eigenvalue weighted by molar-refractivity contribution is -0.228. The SMILES string of the molecule is CC[C@]1(O)CC2CN(CCc3c([nH]c4ccccc34)[C@@](C(=O)OC)(c3cc4c(cc3OC)N(C=O)C3C45CCN4CC=C[C@@](CC)(C(OC(C)=O)[C@]3(O)C(=O)OC)[C@H]45)C2)C1. The molecular formula is C46H56N4O10. The van der Waals surface area contributed by atoms with Crippen molar-refractivity contribution < 1.29 is 48.3 Å². The predicted molar refractivity (Wildman–Crippen MR) is 221 cm³/mol. The number of ether oxygens (including phenoxy) is 4. The molecule has 320 valence electrons. The standard InChI is InChI=1S/C46H56N4O10/c1-7-42(55)22-28-23-45(40(53)58-5,36-30(14-18-48(24-28)25-42)29-12-9-10-13-33(29)47-36)32-20-31-34(21-35(32)57-4)50(26-51)38-44(31)16-19-49-17-11-15-43(8-2,37(44)49)39(60-27(3)52)46(38,56)41(54)59-6/h9-13,15,20-21,26,28,37-39,47,55-56H,7-8,14,16-19,22-25H2,1-6H3/t28?,37-,38?,39?,42-,43+,44?,45-,46-/m0/s1. The minimum atomic E-state index is -2.53. The molecule has 1 spiro atoms. The number of fused-ring (bicyclic) bond motifs is 6. The zero-order valence-corrected chi connectivity index (χ0v) is 35.3. The Balaban J connectivity index is 1.38. The lowest BCUT2D eigenvalue weighted by Crippen LogP contribution is -2.81. The highest BCUT2D eigenvalue weighted by molar-refractivity contribution is 5.96. The van der Waals surface area contributed by atoms with E-state index in [0.717, 1.165) is 16.5 Å². The van der Waals surface area contributed by atoms with Gasteiger partial charge in [0.1, 0.15) is 11.2 Å². The fourth-order valence-corrected chi connectivity index (χ4v) is 13.4. The Morgan fingerprint density at radius 2 is 1.73 bits per heavy atom. The summed E-state index contributed by atoms with van der Waals surface area (Å²) in [6.45, 7) is 8.16. The van der Waals surface area contributed by atoms with Crippen LogP contribution in [-0.2, 0) is 50.6 Å². The summed E-state index contributed by atoms with van der Waals surface area (Å²) in [6.07, 6.45) is 5.83. The molecule has 10 atom stereocenters. The molecule has 14 heteroatoms. The molecule has 5 unspecified atom stereocenters. The van der Waals surface area contributed by atoms with Gasteiger partial charge in [0.2, 0.25) is 12.0 Å². The topological polar surface area (TPSA) is 171 Å². The Hall–Kier alpha value is -4.76. The molecule has 9 rings (SSSR count). The largest absolute Gasteiger partial charge is 0.496 e. The molecular weight excluding hydrogens is 769 g/mol. The van der Waals surface area contributed by atoms with E-state index >= 15 is 4.79 Å². The number of anilines is 1. The lowest BCUT2D eigenvalue weighted by Gasteiger charge is -2.63. The van der Waals surface area contributed by atoms with Gasteiger partial charge in [0.25, 0.3) is 0 Å². The number of aromatic nitrogens is 1. The number of carbonyl (C=O) groups is 4. The molecule has 0 radical (unpaired) electrons. The van der Waals surface area contributed by atoms with Crippen LogP contribution in [-0.4, -0.2) is 133 Å². The van der Waals surface area contributed by atoms with Gasteiger partial charge < -0.3 is 39.0 Å². The Labute approximate surface area is 349 Å². The number of H-pyrrole nitrogens is 1. The van der Waals surface area contributed by atoms with Gasteiger partial charge in [0, 0.05) is 78.2 Å². The number of esters is 3. The third-order valence-corrected chi connectivity index (χ3v) is 15.5. The third-order valence-electron chi connectivity index (χ3n) is 15.5. The van der Waals surface area contributed by atoms with E-state index in [0.29, 0.717) is 99.5 Å². The van der Waals surface area contributed by atoms with Crippen molar-refractivity contribution in [2.75, 3.05) is 59.0 Å². The molecule has 14 nitrogen and oxygen atoms in total. The minimum absolute atomic E-state index is 0.155. The van der Waals surface area contributed by atoms with Crippen LogP contribution in [0.25, 0.3) is 10.9 Å². The van der Waals surface area contributed by atoms with Crippen LogP contribution in [0.2, 0.25) is 0 Å². The molecule has 2 aromatic carbocycles. The Morgan fingerprint density at radius 1 is 0.967 bits per heavy atom. The van der Waals surface area contributed by atoms with Crippen molar-refractivity contribution in [2.24, 2.45) is 11.3 Å². The number of benzene rings is 2. The average Bonchev–Trinajstić information content (AvgIpc) is 3.92. The molecule has 1 aromatic heterocycles. The van der Waals surface area contributed by atoms with Crippen LogP contribution in [0.15, 0.2) is 48.6 Å². The Bertz CT molecular complexity index is 2310. The summed E-state index contributed by atoms with van der Waals surface area (Å²) >= 11 is 0. The number of aliphatic hydroxyl groups is 2. The van der Waals surface area contributed by atoms with Gasteiger partial charge in [-0.2, -0.15) is 0 Å². The van der Waals surface area contributed by atoms with Crippen LogP contribution in [0.5, 0.6) is 5.75 Å². The molecule has 1 aliphatic carbocycles. The fourth-order valence-electron chi connectivity index (χ4n) is 13.4. The maximum atomic E-state index is 15.3. The van der Waals surface area contributed by atoms with E-state index < -0.39 is 63.5 Å². The highest BCUT2D eigenvalue weighted by Crippen LogP contribution is 2.68. The van der Waals surface area contributed by atoms with E-state index in [2.05, 4.69) is 20.9 Å². The monoisotopic (exact) mass is 824 g/mol. The highest BCUT2D eigenvalue weighted by Gasteiger charge is 2.81. The van der Waals surface area contributed by atoms with Crippen molar-refractivity contribution in [1.29, 1.82) is 0 Å². The summed E-state index contributed by atoms with van der Waals surface area (Å²) in [5.41, 5.74) is -3.15. The quantitative estimate of drug-likeness (QED) is 0.131. The van der Waals surface area contributed by atoms with Gasteiger partial charge in [-0.05, 0) is 74.2 Å². The maximum absolute atomic E-state index is 15.3. The van der Waals surface area contributed by atoms with Gasteiger partial charge in [0.05, 0.1) is 38.7 Å². The molecule has 6 aliphatic rings. The molecule has 3 aromatic rings. The molecule has 6 heterocycles. The van der Waals surface area contributed by atoms with Gasteiger partial charge in [-0.1, -0.05) is 44.2 Å². The van der Waals surface area contributed by atoms with Crippen LogP contribution in [0.4, 0.5) is 5.69 Å². The summed E-state index contributed by atoms with van der Waals surface area (Å²) < 4.78 is 23.7. The number of rotatable bonds is 8. The van der Waals surface area contributed by atoms with Gasteiger partial charge >= 0.3 is 17.9 Å². The summed E-state index contributed by atoms with van der Waals surface area (Å²) in [7, 11) is 4.09. The van der Waals surface area contributed by atoms with E-state index in [9.17, 15) is 24.6 Å². The molecule has 3 N–H and O–H groups in total. The number of hydrogen-bond acceptors (Lipinski definition) is 12. The van der Waals surface area contributed by atoms with Gasteiger partial charge in [-0.3, -0.25) is 24.2 Å². The van der Waals surface area contributed by atoms with Crippen molar-refractivity contribution in [3.05, 3.63) is 70.9 Å². The van der Waals surface area contributed by atoms with E-state index in [4.69, 9.17) is 18.9 Å². The van der Waals surface area contributed by atoms with Crippen molar-refractivity contribution >= 4 is 40.9 Å². The first kappa shape index (κ1) is 40.6. The molecule has 5 aliphatic heterocycles. The molecule has 3 fully saturated rings. The minimum Gasteiger partial charge on any atom is -0.496 e. The second-order valence-corrected chi connectivity index (χ2v) is 18.1. The van der Waals surface area contributed by atoms with Gasteiger partial charge in [-0.25, -0.2) is 4.79 Å². The molecule has 1 saturated carbocycles. The van der Waals surface area contributed by atoms with Crippen molar-refractivity contribution in [2.45, 2.75) is 99.5 Å². The number of amides is 1. The fraction of sp³-hybridized carbons (Fsp3) is 0.565. The normalized spacial score (nSPS) is 36.5. The van der Waals surface area contributed by atoms with Crippen LogP contribution < -0.4 is 9.64 Å². The van der Waals surface area contributed by atoms with Crippen molar-refractivity contribution in [3.63, 3.8) is 0 Å². The smallest absolute Gasteiger partial charge is 0.344 e. The summed E-state index contributed by atoms with van der Waals surface area (Å²) in [5.74, 6) is -2.06. The number of piperidine rings is 1. The van der Waals surface area contributed by atoms with E-state index in [1.165, 1.54) is 33.2 Å². The number of methoxy groups -OCH3 is 3. The summed E-state index contributed by atoms with van der Waals surface area (Å²) in [4.78, 5) is 66.1. The maximum Gasteiger partial charge on any atom is 0.344 e. The number of nitrogens with zero attached hydrogens (tertiary/aromatic N) is 3. The Kier molecular flexibility index (Phi) is 9.58. The zero-order valence-electron chi connectivity index (χ0n) is 35.3. The number of hydrogen-bond donors (Lipinski definition) is 3. The molecule has 60 heavy (non-hydrogen) atoms. The van der Waals surface area contributed by atoms with Crippen molar-refractivity contribution in [3.8, 4) is 5.75 Å². The molecule has 2 bridgehead atoms.